The van der Waals surface area contributed by atoms with Crippen molar-refractivity contribution in [2.45, 2.75) is 6.36 Å². The normalized spacial score (nSPS) is 11.5. The van der Waals surface area contributed by atoms with Gasteiger partial charge in [0.05, 0.1) is 21.3 Å². The first-order chi connectivity index (χ1) is 17.2. The average molecular weight is 499 g/mol. The van der Waals surface area contributed by atoms with Crippen LogP contribution in [0.5, 0.6) is 23.0 Å². The number of nitrogens with one attached hydrogen (secondary N) is 1. The van der Waals surface area contributed by atoms with E-state index in [0.717, 1.165) is 28.9 Å². The van der Waals surface area contributed by atoms with Gasteiger partial charge in [-0.05, 0) is 53.6 Å². The number of carbonyl (C=O) groups excluding carboxylic acids is 1. The van der Waals surface area contributed by atoms with Crippen molar-refractivity contribution in [1.82, 2.24) is 0 Å². The molecular weight excluding hydrogens is 475 g/mol. The van der Waals surface area contributed by atoms with Crippen molar-refractivity contribution in [3.05, 3.63) is 89.6 Å². The zero-order valence-corrected chi connectivity index (χ0v) is 19.8. The van der Waals surface area contributed by atoms with Crippen molar-refractivity contribution in [3.63, 3.8) is 0 Å². The maximum Gasteiger partial charge on any atom is 0.573 e. The highest BCUT2D eigenvalue weighted by Crippen LogP contribution is 2.38. The number of methoxy groups -OCH3 is 3. The zero-order valence-electron chi connectivity index (χ0n) is 19.8. The molecule has 0 atom stereocenters. The van der Waals surface area contributed by atoms with Gasteiger partial charge in [-0.2, -0.15) is 0 Å². The molecule has 3 aromatic rings. The molecule has 0 fully saturated rings. The van der Waals surface area contributed by atoms with Crippen LogP contribution < -0.4 is 24.3 Å². The highest BCUT2D eigenvalue weighted by molar-refractivity contribution is 6.04. The van der Waals surface area contributed by atoms with E-state index in [0.29, 0.717) is 17.2 Å². The predicted molar refractivity (Wildman–Crippen MR) is 132 cm³/mol. The van der Waals surface area contributed by atoms with E-state index >= 15 is 0 Å². The average Bonchev–Trinajstić information content (AvgIpc) is 2.86. The molecule has 0 aliphatic heterocycles. The second-order valence-electron chi connectivity index (χ2n) is 7.29. The number of carbonyl (C=O) groups is 1. The van der Waals surface area contributed by atoms with Crippen LogP contribution >= 0.6 is 0 Å². The summed E-state index contributed by atoms with van der Waals surface area (Å²) in [5.41, 5.74) is 2.62. The summed E-state index contributed by atoms with van der Waals surface area (Å²) < 4.78 is 56.8. The number of alkyl halides is 3. The van der Waals surface area contributed by atoms with Gasteiger partial charge in [-0.25, -0.2) is 0 Å². The molecule has 0 amide bonds. The molecule has 0 saturated carbocycles. The first-order valence-corrected chi connectivity index (χ1v) is 10.6. The molecular formula is C27H24F3NO5. The van der Waals surface area contributed by atoms with Crippen molar-refractivity contribution in [2.75, 3.05) is 26.6 Å². The van der Waals surface area contributed by atoms with Gasteiger partial charge >= 0.3 is 6.36 Å². The number of anilines is 1. The molecule has 3 aromatic carbocycles. The number of benzene rings is 3. The number of rotatable bonds is 10. The van der Waals surface area contributed by atoms with Crippen LogP contribution in [0.2, 0.25) is 0 Å². The minimum Gasteiger partial charge on any atom is -0.493 e. The molecule has 0 spiro atoms. The molecule has 3 rings (SSSR count). The molecule has 1 N–H and O–H groups in total. The van der Waals surface area contributed by atoms with E-state index in [4.69, 9.17) is 14.2 Å². The molecule has 0 bridgehead atoms. The monoisotopic (exact) mass is 499 g/mol. The lowest BCUT2D eigenvalue weighted by molar-refractivity contribution is -0.274. The number of hydrogen-bond donors (Lipinski definition) is 1. The summed E-state index contributed by atoms with van der Waals surface area (Å²) in [6.45, 7) is 0. The van der Waals surface area contributed by atoms with Gasteiger partial charge in [-0.1, -0.05) is 30.4 Å². The van der Waals surface area contributed by atoms with Crippen molar-refractivity contribution in [3.8, 4) is 23.0 Å². The third-order valence-corrected chi connectivity index (χ3v) is 4.95. The van der Waals surface area contributed by atoms with Crippen LogP contribution in [0.15, 0.2) is 72.9 Å². The second-order valence-corrected chi connectivity index (χ2v) is 7.29. The summed E-state index contributed by atoms with van der Waals surface area (Å²) in [5.74, 6) is 0.779. The van der Waals surface area contributed by atoms with E-state index in [1.165, 1.54) is 31.5 Å². The Morgan fingerprint density at radius 3 is 2.08 bits per heavy atom. The Hall–Kier alpha value is -4.40. The third-order valence-electron chi connectivity index (χ3n) is 4.95. The summed E-state index contributed by atoms with van der Waals surface area (Å²) in [6.07, 6.45) is 1.74. The minimum absolute atomic E-state index is 0.221. The Kier molecular flexibility index (Phi) is 8.61. The zero-order chi connectivity index (χ0) is 26.1. The van der Waals surface area contributed by atoms with Crippen LogP contribution in [0.1, 0.15) is 21.5 Å². The minimum atomic E-state index is -4.79. The fourth-order valence-electron chi connectivity index (χ4n) is 3.28. The lowest BCUT2D eigenvalue weighted by Crippen LogP contribution is -2.17. The topological polar surface area (TPSA) is 66.0 Å². The molecule has 0 aliphatic carbocycles. The Morgan fingerprint density at radius 1 is 0.861 bits per heavy atom. The summed E-state index contributed by atoms with van der Waals surface area (Å²) in [6, 6.07) is 15.8. The molecule has 36 heavy (non-hydrogen) atoms. The molecule has 0 unspecified atom stereocenters. The van der Waals surface area contributed by atoms with Gasteiger partial charge in [0.1, 0.15) is 5.75 Å². The molecule has 9 heteroatoms. The predicted octanol–water partition coefficient (Wildman–Crippen LogP) is 6.59. The number of halogens is 3. The summed E-state index contributed by atoms with van der Waals surface area (Å²) in [7, 11) is 4.62. The Bertz CT molecular complexity index is 1230. The number of hydrogen-bond acceptors (Lipinski definition) is 6. The molecule has 0 heterocycles. The molecule has 6 nitrogen and oxygen atoms in total. The molecule has 0 saturated heterocycles. The van der Waals surface area contributed by atoms with Gasteiger partial charge in [0.2, 0.25) is 5.75 Å². The van der Waals surface area contributed by atoms with Gasteiger partial charge in [0, 0.05) is 23.5 Å². The Labute approximate surface area is 206 Å². The fourth-order valence-corrected chi connectivity index (χ4v) is 3.28. The van der Waals surface area contributed by atoms with Crippen molar-refractivity contribution in [1.29, 1.82) is 0 Å². The SMILES string of the molecule is COc1cc(C=Cc2ccccc2NC=CC(=O)c2ccc(OC(F)(F)F)cc2)cc(OC)c1OC. The van der Waals surface area contributed by atoms with E-state index in [2.05, 4.69) is 10.1 Å². The van der Waals surface area contributed by atoms with E-state index in [9.17, 15) is 18.0 Å². The molecule has 0 aromatic heterocycles. The number of para-hydroxylation sites is 1. The first-order valence-electron chi connectivity index (χ1n) is 10.6. The van der Waals surface area contributed by atoms with E-state index < -0.39 is 12.1 Å². The first kappa shape index (κ1) is 26.2. The van der Waals surface area contributed by atoms with Gasteiger partial charge in [0.15, 0.2) is 17.3 Å². The van der Waals surface area contributed by atoms with E-state index in [-0.39, 0.29) is 11.3 Å². The summed E-state index contributed by atoms with van der Waals surface area (Å²) >= 11 is 0. The quantitative estimate of drug-likeness (QED) is 0.193. The highest BCUT2D eigenvalue weighted by Gasteiger charge is 2.31. The van der Waals surface area contributed by atoms with E-state index in [1.807, 2.05) is 48.6 Å². The van der Waals surface area contributed by atoms with Crippen LogP contribution in [0.25, 0.3) is 12.2 Å². The van der Waals surface area contributed by atoms with Gasteiger partial charge < -0.3 is 24.3 Å². The smallest absolute Gasteiger partial charge is 0.493 e. The summed E-state index contributed by atoms with van der Waals surface area (Å²) in [5, 5.41) is 3.06. The van der Waals surface area contributed by atoms with Crippen LogP contribution in [-0.2, 0) is 0 Å². The maximum atomic E-state index is 12.4. The van der Waals surface area contributed by atoms with Gasteiger partial charge in [-0.3, -0.25) is 4.79 Å². The van der Waals surface area contributed by atoms with Crippen molar-refractivity contribution >= 4 is 23.6 Å². The van der Waals surface area contributed by atoms with Crippen LogP contribution in [0, 0.1) is 0 Å². The van der Waals surface area contributed by atoms with E-state index in [1.54, 1.807) is 14.2 Å². The highest BCUT2D eigenvalue weighted by atomic mass is 19.4. The van der Waals surface area contributed by atoms with Crippen molar-refractivity contribution < 1.29 is 36.9 Å². The number of allylic oxidation sites excluding steroid dienone is 1. The third kappa shape index (κ3) is 7.05. The van der Waals surface area contributed by atoms with Gasteiger partial charge in [0.25, 0.3) is 0 Å². The largest absolute Gasteiger partial charge is 0.573 e. The van der Waals surface area contributed by atoms with Gasteiger partial charge in [-0.15, -0.1) is 13.2 Å². The second kappa shape index (κ2) is 11.8. The summed E-state index contributed by atoms with van der Waals surface area (Å²) in [4.78, 5) is 12.4. The Morgan fingerprint density at radius 2 is 1.50 bits per heavy atom. The number of ketones is 1. The number of ether oxygens (including phenoxy) is 4. The van der Waals surface area contributed by atoms with Crippen molar-refractivity contribution in [2.24, 2.45) is 0 Å². The van der Waals surface area contributed by atoms with Crippen LogP contribution in [0.3, 0.4) is 0 Å². The lowest BCUT2D eigenvalue weighted by atomic mass is 10.1. The molecule has 0 radical (unpaired) electrons. The van der Waals surface area contributed by atoms with Crippen LogP contribution in [0.4, 0.5) is 18.9 Å². The fraction of sp³-hybridized carbons (Fsp3) is 0.148. The standard InChI is InChI=1S/C27H24F3NO5/c1-33-24-16-18(17-25(34-2)26(24)35-3)8-9-19-6-4-5-7-22(19)31-15-14-23(32)20-10-12-21(13-11-20)36-27(28,29)30/h4-17,31H,1-3H3. The van der Waals surface area contributed by atoms with Crippen LogP contribution in [-0.4, -0.2) is 33.5 Å². The molecule has 188 valence electrons. The lowest BCUT2D eigenvalue weighted by Gasteiger charge is -2.13. The maximum absolute atomic E-state index is 12.4. The Balaban J connectivity index is 1.72. The molecule has 0 aliphatic rings.